The Kier molecular flexibility index (Phi) is 4.81. The standard InChI is InChI=1S/C19H23N3O2/c1-15-6-3-4-9-19(15)21-12-10-20(11-13-21)16(2)17-7-5-8-18(14-17)22(23)24/h3-9,14,16H,10-13H2,1-2H3/p+1/t16-/m0/s1. The van der Waals surface area contributed by atoms with Crippen molar-refractivity contribution in [3.8, 4) is 0 Å². The Morgan fingerprint density at radius 2 is 1.83 bits per heavy atom. The number of non-ortho nitro benzene ring substituents is 1. The van der Waals surface area contributed by atoms with Gasteiger partial charge in [0.25, 0.3) is 5.69 Å². The molecule has 126 valence electrons. The smallest absolute Gasteiger partial charge is 0.269 e. The van der Waals surface area contributed by atoms with Crippen LogP contribution in [-0.4, -0.2) is 31.1 Å². The second-order valence-electron chi connectivity index (χ2n) is 6.51. The fourth-order valence-corrected chi connectivity index (χ4v) is 3.53. The van der Waals surface area contributed by atoms with Gasteiger partial charge in [-0.2, -0.15) is 0 Å². The van der Waals surface area contributed by atoms with E-state index in [4.69, 9.17) is 0 Å². The molecule has 3 rings (SSSR count). The van der Waals surface area contributed by atoms with Crippen LogP contribution in [0.1, 0.15) is 24.1 Å². The second-order valence-corrected chi connectivity index (χ2v) is 6.51. The minimum Gasteiger partial charge on any atom is -0.360 e. The Balaban J connectivity index is 1.67. The van der Waals surface area contributed by atoms with E-state index in [1.54, 1.807) is 18.2 Å². The van der Waals surface area contributed by atoms with E-state index < -0.39 is 0 Å². The molecule has 1 N–H and O–H groups in total. The minimum atomic E-state index is -0.318. The van der Waals surface area contributed by atoms with E-state index in [-0.39, 0.29) is 16.7 Å². The van der Waals surface area contributed by atoms with Gasteiger partial charge in [-0.3, -0.25) is 10.1 Å². The summed E-state index contributed by atoms with van der Waals surface area (Å²) in [7, 11) is 0. The highest BCUT2D eigenvalue weighted by Crippen LogP contribution is 2.20. The largest absolute Gasteiger partial charge is 0.360 e. The number of nitrogens with zero attached hydrogens (tertiary/aromatic N) is 2. The topological polar surface area (TPSA) is 50.8 Å². The maximum atomic E-state index is 11.0. The molecule has 2 aromatic rings. The van der Waals surface area contributed by atoms with Crippen molar-refractivity contribution in [2.75, 3.05) is 31.1 Å². The molecule has 1 fully saturated rings. The number of para-hydroxylation sites is 1. The van der Waals surface area contributed by atoms with Crippen molar-refractivity contribution in [3.63, 3.8) is 0 Å². The Bertz CT molecular complexity index is 724. The number of quaternary nitrogens is 1. The van der Waals surface area contributed by atoms with Gasteiger partial charge < -0.3 is 9.80 Å². The number of aryl methyl sites for hydroxylation is 1. The summed E-state index contributed by atoms with van der Waals surface area (Å²) in [5, 5.41) is 11.0. The third-order valence-corrected chi connectivity index (χ3v) is 5.06. The lowest BCUT2D eigenvalue weighted by atomic mass is 10.0. The first-order valence-corrected chi connectivity index (χ1v) is 8.46. The van der Waals surface area contributed by atoms with Crippen LogP contribution in [0.15, 0.2) is 48.5 Å². The average molecular weight is 326 g/mol. The number of benzene rings is 2. The van der Waals surface area contributed by atoms with Gasteiger partial charge >= 0.3 is 0 Å². The lowest BCUT2D eigenvalue weighted by Gasteiger charge is -2.37. The van der Waals surface area contributed by atoms with Gasteiger partial charge in [-0.1, -0.05) is 30.3 Å². The lowest BCUT2D eigenvalue weighted by Crippen LogP contribution is -3.14. The minimum absolute atomic E-state index is 0.178. The predicted molar refractivity (Wildman–Crippen MR) is 95.6 cm³/mol. The molecule has 0 amide bonds. The molecule has 0 unspecified atom stereocenters. The summed E-state index contributed by atoms with van der Waals surface area (Å²) >= 11 is 0. The van der Waals surface area contributed by atoms with Gasteiger partial charge in [0.1, 0.15) is 6.04 Å². The van der Waals surface area contributed by atoms with Crippen LogP contribution in [-0.2, 0) is 0 Å². The number of nitro groups is 1. The highest BCUT2D eigenvalue weighted by molar-refractivity contribution is 5.53. The zero-order chi connectivity index (χ0) is 17.1. The van der Waals surface area contributed by atoms with Crippen LogP contribution in [0.4, 0.5) is 11.4 Å². The molecule has 5 heteroatoms. The fraction of sp³-hybridized carbons (Fsp3) is 0.368. The molecule has 0 aliphatic carbocycles. The molecule has 0 saturated carbocycles. The Morgan fingerprint density at radius 3 is 2.50 bits per heavy atom. The number of piperazine rings is 1. The number of nitrogens with one attached hydrogen (secondary N) is 1. The first-order chi connectivity index (χ1) is 11.6. The van der Waals surface area contributed by atoms with Gasteiger partial charge in [0.2, 0.25) is 0 Å². The Hall–Kier alpha value is -2.40. The van der Waals surface area contributed by atoms with E-state index in [0.717, 1.165) is 31.7 Å². The van der Waals surface area contributed by atoms with Crippen molar-refractivity contribution in [1.82, 2.24) is 0 Å². The molecule has 24 heavy (non-hydrogen) atoms. The van der Waals surface area contributed by atoms with Crippen molar-refractivity contribution in [3.05, 3.63) is 69.8 Å². The van der Waals surface area contributed by atoms with Gasteiger partial charge in [0.15, 0.2) is 0 Å². The van der Waals surface area contributed by atoms with Gasteiger partial charge in [-0.05, 0) is 25.5 Å². The van der Waals surface area contributed by atoms with E-state index in [2.05, 4.69) is 43.0 Å². The summed E-state index contributed by atoms with van der Waals surface area (Å²) in [5.41, 5.74) is 3.85. The highest BCUT2D eigenvalue weighted by Gasteiger charge is 2.26. The van der Waals surface area contributed by atoms with Crippen molar-refractivity contribution in [2.24, 2.45) is 0 Å². The number of nitro benzene ring substituents is 1. The number of rotatable bonds is 4. The van der Waals surface area contributed by atoms with E-state index in [1.165, 1.54) is 16.2 Å². The van der Waals surface area contributed by atoms with Crippen molar-refractivity contribution in [2.45, 2.75) is 19.9 Å². The van der Waals surface area contributed by atoms with Gasteiger partial charge in [-0.25, -0.2) is 0 Å². The van der Waals surface area contributed by atoms with Gasteiger partial charge in [0, 0.05) is 23.4 Å². The van der Waals surface area contributed by atoms with E-state index in [9.17, 15) is 10.1 Å². The summed E-state index contributed by atoms with van der Waals surface area (Å²) in [6, 6.07) is 15.8. The molecule has 0 aromatic heterocycles. The summed E-state index contributed by atoms with van der Waals surface area (Å²) in [6.45, 7) is 8.42. The van der Waals surface area contributed by atoms with Crippen LogP contribution in [0.3, 0.4) is 0 Å². The molecule has 1 aliphatic heterocycles. The molecule has 5 nitrogen and oxygen atoms in total. The SMILES string of the molecule is Cc1ccccc1N1CC[NH+]([C@@H](C)c2cccc([N+](=O)[O-])c2)CC1. The van der Waals surface area contributed by atoms with Crippen LogP contribution in [0.5, 0.6) is 0 Å². The van der Waals surface area contributed by atoms with Crippen molar-refractivity contribution >= 4 is 11.4 Å². The lowest BCUT2D eigenvalue weighted by molar-refractivity contribution is -0.930. The van der Waals surface area contributed by atoms with Crippen LogP contribution in [0.2, 0.25) is 0 Å². The Morgan fingerprint density at radius 1 is 1.12 bits per heavy atom. The van der Waals surface area contributed by atoms with Crippen molar-refractivity contribution in [1.29, 1.82) is 0 Å². The van der Waals surface area contributed by atoms with Crippen LogP contribution in [0, 0.1) is 17.0 Å². The molecule has 1 heterocycles. The maximum absolute atomic E-state index is 11.0. The molecule has 0 radical (unpaired) electrons. The van der Waals surface area contributed by atoms with Crippen LogP contribution >= 0.6 is 0 Å². The van der Waals surface area contributed by atoms with Gasteiger partial charge in [0.05, 0.1) is 31.1 Å². The van der Waals surface area contributed by atoms with Crippen molar-refractivity contribution < 1.29 is 9.82 Å². The molecular weight excluding hydrogens is 302 g/mol. The zero-order valence-electron chi connectivity index (χ0n) is 14.2. The average Bonchev–Trinajstić information content (AvgIpc) is 2.62. The molecular formula is C19H24N3O2+. The summed E-state index contributed by atoms with van der Waals surface area (Å²) in [5.74, 6) is 0. The molecule has 1 aliphatic rings. The number of anilines is 1. The summed E-state index contributed by atoms with van der Waals surface area (Å²) in [4.78, 5) is 14.6. The molecule has 1 atom stereocenters. The third kappa shape index (κ3) is 3.41. The van der Waals surface area contributed by atoms with E-state index in [1.807, 2.05) is 6.07 Å². The quantitative estimate of drug-likeness (QED) is 0.693. The molecule has 2 aromatic carbocycles. The number of hydrogen-bond acceptors (Lipinski definition) is 3. The summed E-state index contributed by atoms with van der Waals surface area (Å²) in [6.07, 6.45) is 0. The maximum Gasteiger partial charge on any atom is 0.269 e. The Labute approximate surface area is 142 Å². The fourth-order valence-electron chi connectivity index (χ4n) is 3.53. The monoisotopic (exact) mass is 326 g/mol. The normalized spacial score (nSPS) is 16.8. The van der Waals surface area contributed by atoms with Crippen LogP contribution < -0.4 is 9.80 Å². The highest BCUT2D eigenvalue weighted by atomic mass is 16.6. The van der Waals surface area contributed by atoms with E-state index in [0.29, 0.717) is 0 Å². The zero-order valence-corrected chi connectivity index (χ0v) is 14.2. The van der Waals surface area contributed by atoms with Crippen LogP contribution in [0.25, 0.3) is 0 Å². The predicted octanol–water partition coefficient (Wildman–Crippen LogP) is 2.37. The molecule has 0 spiro atoms. The summed E-state index contributed by atoms with van der Waals surface area (Å²) < 4.78 is 0. The van der Waals surface area contributed by atoms with E-state index >= 15 is 0 Å². The second kappa shape index (κ2) is 7.01. The molecule has 0 bridgehead atoms. The first kappa shape index (κ1) is 16.5. The molecule has 1 saturated heterocycles. The van der Waals surface area contributed by atoms with Gasteiger partial charge in [-0.15, -0.1) is 0 Å². The third-order valence-electron chi connectivity index (χ3n) is 5.06. The number of hydrogen-bond donors (Lipinski definition) is 1. The first-order valence-electron chi connectivity index (χ1n) is 8.46.